The lowest BCUT2D eigenvalue weighted by Gasteiger charge is -2.16. The second kappa shape index (κ2) is 6.01. The zero-order valence-electron chi connectivity index (χ0n) is 13.4. The van der Waals surface area contributed by atoms with E-state index >= 15 is 0 Å². The summed E-state index contributed by atoms with van der Waals surface area (Å²) in [6, 6.07) is 5.78. The number of thiophene rings is 1. The lowest BCUT2D eigenvalue weighted by Crippen LogP contribution is -2.26. The van der Waals surface area contributed by atoms with E-state index in [1.165, 1.54) is 29.4 Å². The van der Waals surface area contributed by atoms with Crippen LogP contribution in [0.2, 0.25) is 0 Å². The van der Waals surface area contributed by atoms with Crippen LogP contribution in [0.3, 0.4) is 0 Å². The van der Waals surface area contributed by atoms with Crippen molar-refractivity contribution in [2.45, 2.75) is 13.5 Å². The highest BCUT2D eigenvalue weighted by atomic mass is 32.1. The van der Waals surface area contributed by atoms with Crippen molar-refractivity contribution in [1.29, 1.82) is 0 Å². The Labute approximate surface area is 150 Å². The number of nitrogens with zero attached hydrogens (tertiary/aromatic N) is 4. The fraction of sp³-hybridized carbons (Fsp3) is 0.188. The van der Waals surface area contributed by atoms with Crippen LogP contribution in [0.5, 0.6) is 0 Å². The highest BCUT2D eigenvalue weighted by Gasteiger charge is 2.21. The van der Waals surface area contributed by atoms with Crippen molar-refractivity contribution < 1.29 is 4.79 Å². The number of amides is 1. The molecule has 0 aliphatic carbocycles. The maximum absolute atomic E-state index is 12.8. The average molecular weight is 371 g/mol. The van der Waals surface area contributed by atoms with Gasteiger partial charge in [-0.2, -0.15) is 8.75 Å². The Bertz CT molecular complexity index is 1160. The molecule has 1 N–H and O–H groups in total. The van der Waals surface area contributed by atoms with Crippen molar-refractivity contribution in [2.75, 3.05) is 7.05 Å². The van der Waals surface area contributed by atoms with Crippen molar-refractivity contribution in [1.82, 2.24) is 23.6 Å². The normalized spacial score (nSPS) is 11.3. The number of aromatic amines is 1. The van der Waals surface area contributed by atoms with Crippen LogP contribution in [0, 0.1) is 6.92 Å². The number of carbonyl (C=O) groups is 1. The standard InChI is InChI=1S/C16H13N5O2S2/c1-8-12-14(22)17-7-18-15(12)24-13(8)16(23)21(2)6-9-3-4-10-11(5-9)20-25-19-10/h3-5,7H,6H2,1-2H3,(H,17,18,22). The molecular formula is C16H13N5O2S2. The molecule has 9 heteroatoms. The highest BCUT2D eigenvalue weighted by Crippen LogP contribution is 2.28. The van der Waals surface area contributed by atoms with Gasteiger partial charge in [0.15, 0.2) is 0 Å². The number of fused-ring (bicyclic) bond motifs is 2. The van der Waals surface area contributed by atoms with Gasteiger partial charge < -0.3 is 9.88 Å². The highest BCUT2D eigenvalue weighted by molar-refractivity contribution is 7.20. The summed E-state index contributed by atoms with van der Waals surface area (Å²) in [5.74, 6) is -0.128. The molecule has 0 unspecified atom stereocenters. The summed E-state index contributed by atoms with van der Waals surface area (Å²) in [6.07, 6.45) is 1.36. The molecule has 126 valence electrons. The lowest BCUT2D eigenvalue weighted by atomic mass is 10.1. The third kappa shape index (κ3) is 2.71. The van der Waals surface area contributed by atoms with Gasteiger partial charge in [0, 0.05) is 13.6 Å². The monoisotopic (exact) mass is 371 g/mol. The summed E-state index contributed by atoms with van der Waals surface area (Å²) in [6.45, 7) is 2.23. The van der Waals surface area contributed by atoms with E-state index in [0.29, 0.717) is 27.2 Å². The third-order valence-electron chi connectivity index (χ3n) is 4.01. The second-order valence-electron chi connectivity index (χ2n) is 5.72. The molecule has 4 rings (SSSR count). The lowest BCUT2D eigenvalue weighted by molar-refractivity contribution is 0.0789. The van der Waals surface area contributed by atoms with E-state index in [4.69, 9.17) is 0 Å². The van der Waals surface area contributed by atoms with Crippen molar-refractivity contribution in [3.8, 4) is 0 Å². The van der Waals surface area contributed by atoms with Gasteiger partial charge in [0.1, 0.15) is 15.9 Å². The van der Waals surface area contributed by atoms with Gasteiger partial charge in [-0.3, -0.25) is 9.59 Å². The topological polar surface area (TPSA) is 91.8 Å². The van der Waals surface area contributed by atoms with Gasteiger partial charge in [0.05, 0.1) is 28.3 Å². The van der Waals surface area contributed by atoms with Crippen molar-refractivity contribution in [3.05, 3.63) is 50.9 Å². The molecule has 0 saturated carbocycles. The van der Waals surface area contributed by atoms with E-state index in [1.807, 2.05) is 18.2 Å². The summed E-state index contributed by atoms with van der Waals surface area (Å²) < 4.78 is 8.40. The van der Waals surface area contributed by atoms with Crippen LogP contribution >= 0.6 is 23.1 Å². The van der Waals surface area contributed by atoms with Gasteiger partial charge >= 0.3 is 0 Å². The van der Waals surface area contributed by atoms with Crippen LogP contribution in [0.4, 0.5) is 0 Å². The summed E-state index contributed by atoms with van der Waals surface area (Å²) >= 11 is 2.42. The fourth-order valence-electron chi connectivity index (χ4n) is 2.73. The van der Waals surface area contributed by atoms with Crippen LogP contribution < -0.4 is 5.56 Å². The molecule has 0 aliphatic rings. The fourth-order valence-corrected chi connectivity index (χ4v) is 4.39. The Morgan fingerprint density at radius 3 is 2.88 bits per heavy atom. The number of aromatic nitrogens is 4. The molecule has 0 spiro atoms. The summed E-state index contributed by atoms with van der Waals surface area (Å²) in [4.78, 5) is 34.3. The van der Waals surface area contributed by atoms with Crippen LogP contribution in [-0.2, 0) is 6.54 Å². The molecule has 3 heterocycles. The minimum atomic E-state index is -0.220. The molecule has 0 radical (unpaired) electrons. The molecule has 4 aromatic rings. The van der Waals surface area contributed by atoms with Gasteiger partial charge in [0.25, 0.3) is 11.5 Å². The zero-order valence-corrected chi connectivity index (χ0v) is 15.1. The van der Waals surface area contributed by atoms with E-state index in [9.17, 15) is 9.59 Å². The number of benzene rings is 1. The second-order valence-corrected chi connectivity index (χ2v) is 7.24. The number of hydrogen-bond donors (Lipinski definition) is 1. The summed E-state index contributed by atoms with van der Waals surface area (Å²) in [5.41, 5.74) is 3.11. The Kier molecular flexibility index (Phi) is 3.81. The minimum absolute atomic E-state index is 0.128. The number of carbonyl (C=O) groups excluding carboxylic acids is 1. The van der Waals surface area contributed by atoms with E-state index in [2.05, 4.69) is 18.7 Å². The van der Waals surface area contributed by atoms with Crippen LogP contribution in [-0.4, -0.2) is 36.6 Å². The Hall–Kier alpha value is -2.65. The number of rotatable bonds is 3. The van der Waals surface area contributed by atoms with Crippen molar-refractivity contribution in [3.63, 3.8) is 0 Å². The first-order valence-corrected chi connectivity index (χ1v) is 9.02. The van der Waals surface area contributed by atoms with Gasteiger partial charge in [-0.05, 0) is 30.2 Å². The summed E-state index contributed by atoms with van der Waals surface area (Å²) in [5, 5.41) is 0.485. The number of aryl methyl sites for hydroxylation is 1. The molecule has 0 bridgehead atoms. The maximum Gasteiger partial charge on any atom is 0.264 e. The van der Waals surface area contributed by atoms with Gasteiger partial charge in [-0.1, -0.05) is 6.07 Å². The average Bonchev–Trinajstić information content (AvgIpc) is 3.19. The Morgan fingerprint density at radius 2 is 2.08 bits per heavy atom. The Balaban J connectivity index is 1.65. The predicted octanol–water partition coefficient (Wildman–Crippen LogP) is 2.57. The first-order chi connectivity index (χ1) is 12.0. The quantitative estimate of drug-likeness (QED) is 0.598. The first-order valence-electron chi connectivity index (χ1n) is 7.48. The van der Waals surface area contributed by atoms with Crippen LogP contribution in [0.25, 0.3) is 21.3 Å². The van der Waals surface area contributed by atoms with Crippen LogP contribution in [0.1, 0.15) is 20.8 Å². The number of H-pyrrole nitrogens is 1. The van der Waals surface area contributed by atoms with Crippen LogP contribution in [0.15, 0.2) is 29.3 Å². The first kappa shape index (κ1) is 15.9. The Morgan fingerprint density at radius 1 is 1.28 bits per heavy atom. The third-order valence-corrected chi connectivity index (χ3v) is 5.76. The molecule has 1 aromatic carbocycles. The molecule has 0 saturated heterocycles. The van der Waals surface area contributed by atoms with Gasteiger partial charge in [-0.25, -0.2) is 4.98 Å². The zero-order chi connectivity index (χ0) is 17.6. The number of hydrogen-bond acceptors (Lipinski definition) is 7. The van der Waals surface area contributed by atoms with Gasteiger partial charge in [0.2, 0.25) is 0 Å². The van der Waals surface area contributed by atoms with Crippen molar-refractivity contribution in [2.24, 2.45) is 0 Å². The molecule has 0 aliphatic heterocycles. The maximum atomic E-state index is 12.8. The molecule has 3 aromatic heterocycles. The number of nitrogens with one attached hydrogen (secondary N) is 1. The van der Waals surface area contributed by atoms with Gasteiger partial charge in [-0.15, -0.1) is 11.3 Å². The van der Waals surface area contributed by atoms with E-state index in [0.717, 1.165) is 16.6 Å². The van der Waals surface area contributed by atoms with E-state index in [-0.39, 0.29) is 11.5 Å². The largest absolute Gasteiger partial charge is 0.337 e. The SMILES string of the molecule is Cc1c(C(=O)N(C)Cc2ccc3nsnc3c2)sc2nc[nH]c(=O)c12. The predicted molar refractivity (Wildman–Crippen MR) is 98.2 cm³/mol. The summed E-state index contributed by atoms with van der Waals surface area (Å²) in [7, 11) is 1.74. The van der Waals surface area contributed by atoms with E-state index < -0.39 is 0 Å². The molecule has 1 amide bonds. The van der Waals surface area contributed by atoms with Crippen molar-refractivity contribution >= 4 is 50.2 Å². The molecule has 25 heavy (non-hydrogen) atoms. The molecular weight excluding hydrogens is 358 g/mol. The molecule has 0 fully saturated rings. The molecule has 7 nitrogen and oxygen atoms in total. The van der Waals surface area contributed by atoms with E-state index in [1.54, 1.807) is 18.9 Å². The smallest absolute Gasteiger partial charge is 0.264 e. The molecule has 0 atom stereocenters. The minimum Gasteiger partial charge on any atom is -0.337 e.